The van der Waals surface area contributed by atoms with E-state index in [1.54, 1.807) is 0 Å². The summed E-state index contributed by atoms with van der Waals surface area (Å²) in [5, 5.41) is 3.47. The number of rotatable bonds is 13. The zero-order valence-electron chi connectivity index (χ0n) is 14.3. The lowest BCUT2D eigenvalue weighted by Crippen LogP contribution is -2.28. The molecule has 0 saturated heterocycles. The molecule has 0 heterocycles. The van der Waals surface area contributed by atoms with Gasteiger partial charge in [-0.3, -0.25) is 4.79 Å². The van der Waals surface area contributed by atoms with Crippen LogP contribution in [0.15, 0.2) is 5.10 Å². The van der Waals surface area contributed by atoms with E-state index in [4.69, 9.17) is 11.5 Å². The number of guanidine groups is 1. The number of nitrogens with zero attached hydrogens (tertiary/aromatic N) is 1. The number of hydrogen-bond acceptors (Lipinski definition) is 2. The zero-order valence-corrected chi connectivity index (χ0v) is 15.1. The molecule has 0 spiro atoms. The molecule has 0 fully saturated rings. The average molecular weight is 335 g/mol. The Labute approximate surface area is 142 Å². The lowest BCUT2D eigenvalue weighted by molar-refractivity contribution is -0.121. The van der Waals surface area contributed by atoms with Crippen LogP contribution < -0.4 is 16.9 Å². The van der Waals surface area contributed by atoms with Crippen LogP contribution in [-0.4, -0.2) is 11.9 Å². The summed E-state index contributed by atoms with van der Waals surface area (Å²) < 4.78 is 0. The normalized spacial score (nSPS) is 10.1. The van der Waals surface area contributed by atoms with Crippen molar-refractivity contribution >= 4 is 24.3 Å². The Bertz CT molecular complexity index is 292. The molecule has 0 rings (SSSR count). The molecule has 0 aromatic carbocycles. The fourth-order valence-corrected chi connectivity index (χ4v) is 2.26. The first-order valence-electron chi connectivity index (χ1n) is 8.40. The molecule has 5 nitrogen and oxygen atoms in total. The largest absolute Gasteiger partial charge is 0.369 e. The first-order valence-corrected chi connectivity index (χ1v) is 8.40. The molecule has 0 aromatic heterocycles. The predicted molar refractivity (Wildman–Crippen MR) is 96.8 cm³/mol. The van der Waals surface area contributed by atoms with Gasteiger partial charge in [-0.15, -0.1) is 17.5 Å². The number of hydrazone groups is 1. The molecule has 0 aliphatic rings. The van der Waals surface area contributed by atoms with Crippen molar-refractivity contribution in [3.8, 4) is 0 Å². The molecule has 1 amide bonds. The highest BCUT2D eigenvalue weighted by Crippen LogP contribution is 2.13. The van der Waals surface area contributed by atoms with E-state index in [1.165, 1.54) is 51.4 Å². The smallest absolute Gasteiger partial charge is 0.240 e. The van der Waals surface area contributed by atoms with Crippen LogP contribution in [0.1, 0.15) is 84.5 Å². The molecule has 6 heteroatoms. The van der Waals surface area contributed by atoms with Crippen LogP contribution in [0.2, 0.25) is 0 Å². The van der Waals surface area contributed by atoms with Gasteiger partial charge in [-0.25, -0.2) is 5.43 Å². The topological polar surface area (TPSA) is 93.5 Å². The van der Waals surface area contributed by atoms with Gasteiger partial charge in [-0.1, -0.05) is 71.6 Å². The Hall–Kier alpha value is -0.970. The van der Waals surface area contributed by atoms with E-state index in [1.807, 2.05) is 0 Å². The number of nitrogens with two attached hydrogens (primary N) is 2. The van der Waals surface area contributed by atoms with E-state index in [2.05, 4.69) is 24.4 Å². The molecule has 0 saturated carbocycles. The predicted octanol–water partition coefficient (Wildman–Crippen LogP) is 3.66. The molecule has 0 aromatic rings. The monoisotopic (exact) mass is 334 g/mol. The average Bonchev–Trinajstić information content (AvgIpc) is 2.42. The van der Waals surface area contributed by atoms with E-state index >= 15 is 0 Å². The first-order chi connectivity index (χ1) is 10.0. The van der Waals surface area contributed by atoms with Crippen molar-refractivity contribution in [2.75, 3.05) is 0 Å². The SMILES string of the molecule is CC(C)CCCCCCCCCCCC(=O)NN=C(N)N.Cl. The first kappa shape index (κ1) is 23.3. The van der Waals surface area contributed by atoms with Gasteiger partial charge in [0.15, 0.2) is 0 Å². The lowest BCUT2D eigenvalue weighted by atomic mass is 10.0. The van der Waals surface area contributed by atoms with Crippen LogP contribution in [0.5, 0.6) is 0 Å². The molecular weight excluding hydrogens is 300 g/mol. The summed E-state index contributed by atoms with van der Waals surface area (Å²) in [7, 11) is 0. The molecule has 0 atom stereocenters. The number of nitrogens with one attached hydrogen (secondary N) is 1. The highest BCUT2D eigenvalue weighted by molar-refractivity contribution is 5.85. The zero-order chi connectivity index (χ0) is 15.9. The summed E-state index contributed by atoms with van der Waals surface area (Å²) in [5.74, 6) is 0.611. The van der Waals surface area contributed by atoms with Crippen LogP contribution in [0.3, 0.4) is 0 Å². The second-order valence-corrected chi connectivity index (χ2v) is 6.19. The van der Waals surface area contributed by atoms with E-state index in [9.17, 15) is 4.79 Å². The summed E-state index contributed by atoms with van der Waals surface area (Å²) in [5.41, 5.74) is 12.6. The third kappa shape index (κ3) is 19.0. The Morgan fingerprint density at radius 2 is 1.36 bits per heavy atom. The van der Waals surface area contributed by atoms with Crippen molar-refractivity contribution in [3.05, 3.63) is 0 Å². The van der Waals surface area contributed by atoms with Gasteiger partial charge in [0.2, 0.25) is 11.9 Å². The summed E-state index contributed by atoms with van der Waals surface area (Å²) in [4.78, 5) is 11.3. The quantitative estimate of drug-likeness (QED) is 0.208. The lowest BCUT2D eigenvalue weighted by Gasteiger charge is -2.04. The van der Waals surface area contributed by atoms with Gasteiger partial charge in [0.05, 0.1) is 0 Å². The molecule has 132 valence electrons. The Morgan fingerprint density at radius 1 is 0.909 bits per heavy atom. The minimum Gasteiger partial charge on any atom is -0.369 e. The summed E-state index contributed by atoms with van der Waals surface area (Å²) >= 11 is 0. The maximum Gasteiger partial charge on any atom is 0.240 e. The number of halogens is 1. The Balaban J connectivity index is 0. The van der Waals surface area contributed by atoms with E-state index in [0.29, 0.717) is 6.42 Å². The molecule has 0 unspecified atom stereocenters. The van der Waals surface area contributed by atoms with Crippen molar-refractivity contribution in [1.82, 2.24) is 5.43 Å². The molecular formula is C16H35ClN4O. The molecule has 0 bridgehead atoms. The van der Waals surface area contributed by atoms with Crippen molar-refractivity contribution in [1.29, 1.82) is 0 Å². The number of carbonyl (C=O) groups is 1. The fourth-order valence-electron chi connectivity index (χ4n) is 2.26. The Kier molecular flexibility index (Phi) is 17.4. The molecule has 5 N–H and O–H groups in total. The Morgan fingerprint density at radius 3 is 1.82 bits per heavy atom. The van der Waals surface area contributed by atoms with E-state index in [0.717, 1.165) is 18.8 Å². The fraction of sp³-hybridized carbons (Fsp3) is 0.875. The standard InChI is InChI=1S/C16H34N4O.ClH/c1-14(2)12-10-8-6-4-3-5-7-9-11-13-15(21)19-20-16(17)18;/h14H,3-13H2,1-2H3,(H,19,21)(H4,17,18,20);1H. The van der Waals surface area contributed by atoms with E-state index in [-0.39, 0.29) is 24.3 Å². The maximum atomic E-state index is 11.3. The van der Waals surface area contributed by atoms with Crippen LogP contribution in [0.4, 0.5) is 0 Å². The van der Waals surface area contributed by atoms with Gasteiger partial charge < -0.3 is 11.5 Å². The van der Waals surface area contributed by atoms with Crippen LogP contribution in [0.25, 0.3) is 0 Å². The van der Waals surface area contributed by atoms with Crippen molar-refractivity contribution < 1.29 is 4.79 Å². The van der Waals surface area contributed by atoms with Gasteiger partial charge in [0.1, 0.15) is 0 Å². The van der Waals surface area contributed by atoms with Crippen LogP contribution >= 0.6 is 12.4 Å². The van der Waals surface area contributed by atoms with Gasteiger partial charge in [-0.05, 0) is 12.3 Å². The second-order valence-electron chi connectivity index (χ2n) is 6.19. The number of amides is 1. The minimum absolute atomic E-state index is 0. The number of carbonyl (C=O) groups excluding carboxylic acids is 1. The van der Waals surface area contributed by atoms with E-state index < -0.39 is 0 Å². The van der Waals surface area contributed by atoms with Gasteiger partial charge >= 0.3 is 0 Å². The van der Waals surface area contributed by atoms with Crippen molar-refractivity contribution in [3.63, 3.8) is 0 Å². The van der Waals surface area contributed by atoms with Crippen molar-refractivity contribution in [2.24, 2.45) is 22.5 Å². The number of hydrogen-bond donors (Lipinski definition) is 3. The maximum absolute atomic E-state index is 11.3. The summed E-state index contributed by atoms with van der Waals surface area (Å²) in [6.45, 7) is 4.58. The molecule has 0 radical (unpaired) electrons. The third-order valence-electron chi connectivity index (χ3n) is 3.50. The van der Waals surface area contributed by atoms with Crippen LogP contribution in [0, 0.1) is 5.92 Å². The highest BCUT2D eigenvalue weighted by Gasteiger charge is 2.00. The van der Waals surface area contributed by atoms with Crippen molar-refractivity contribution in [2.45, 2.75) is 84.5 Å². The highest BCUT2D eigenvalue weighted by atomic mass is 35.5. The summed E-state index contributed by atoms with van der Waals surface area (Å²) in [6, 6.07) is 0. The summed E-state index contributed by atoms with van der Waals surface area (Å²) in [6.07, 6.45) is 13.1. The molecule has 22 heavy (non-hydrogen) atoms. The number of unbranched alkanes of at least 4 members (excludes halogenated alkanes) is 8. The second kappa shape index (κ2) is 16.4. The molecule has 0 aliphatic heterocycles. The third-order valence-corrected chi connectivity index (χ3v) is 3.50. The van der Waals surface area contributed by atoms with Gasteiger partial charge in [0.25, 0.3) is 0 Å². The van der Waals surface area contributed by atoms with Crippen LogP contribution in [-0.2, 0) is 4.79 Å². The van der Waals surface area contributed by atoms with Gasteiger partial charge in [0, 0.05) is 6.42 Å². The molecule has 0 aliphatic carbocycles. The minimum atomic E-state index is -0.117. The van der Waals surface area contributed by atoms with Gasteiger partial charge in [-0.2, -0.15) is 0 Å².